The van der Waals surface area contributed by atoms with Crippen LogP contribution in [0, 0.1) is 11.6 Å². The van der Waals surface area contributed by atoms with Gasteiger partial charge in [0.25, 0.3) is 5.91 Å². The van der Waals surface area contributed by atoms with Crippen molar-refractivity contribution in [1.29, 1.82) is 0 Å². The van der Waals surface area contributed by atoms with Crippen molar-refractivity contribution < 1.29 is 28.2 Å². The molecule has 39 heavy (non-hydrogen) atoms. The number of halogens is 2. The summed E-state index contributed by atoms with van der Waals surface area (Å²) in [6.45, 7) is 1.39. The highest BCUT2D eigenvalue weighted by Gasteiger charge is 2.50. The average Bonchev–Trinajstić information content (AvgIpc) is 3.50. The van der Waals surface area contributed by atoms with Crippen molar-refractivity contribution in [2.75, 3.05) is 36.3 Å². The second-order valence-electron chi connectivity index (χ2n) is 10.6. The Morgan fingerprint density at radius 1 is 0.974 bits per heavy atom. The molecule has 2 aromatic carbocycles. The first kappa shape index (κ1) is 23.0. The number of aromatic hydroxyl groups is 1. The van der Waals surface area contributed by atoms with E-state index in [2.05, 4.69) is 6.07 Å². The third kappa shape index (κ3) is 2.94. The first-order chi connectivity index (χ1) is 19.0. The molecule has 2 saturated heterocycles. The van der Waals surface area contributed by atoms with E-state index < -0.39 is 40.9 Å². The Hall–Kier alpha value is -3.96. The molecule has 3 aromatic rings. The molecule has 8 rings (SSSR count). The minimum absolute atomic E-state index is 0.100. The molecular formula is C28H24F2N4O5. The lowest BCUT2D eigenvalue weighted by Gasteiger charge is -2.51. The summed E-state index contributed by atoms with van der Waals surface area (Å²) < 4.78 is 43.8. The van der Waals surface area contributed by atoms with Crippen LogP contribution in [0.15, 0.2) is 47.4 Å². The maximum atomic E-state index is 15.7. The summed E-state index contributed by atoms with van der Waals surface area (Å²) in [6, 6.07) is 9.16. The number of aromatic nitrogens is 1. The fourth-order valence-electron chi connectivity index (χ4n) is 7.10. The summed E-state index contributed by atoms with van der Waals surface area (Å²) >= 11 is 0. The van der Waals surface area contributed by atoms with Crippen LogP contribution in [0.4, 0.5) is 14.5 Å². The van der Waals surface area contributed by atoms with Crippen LogP contribution in [0.25, 0.3) is 0 Å². The number of pyridine rings is 1. The molecule has 9 nitrogen and oxygen atoms in total. The SMILES string of the molecule is O=C1c2c(O)c(=O)ccn2N([C@H]2c3ccc(F)c(F)c3CN3c4c(cccc42)C2CCOC23)[C@@H]2COCCN12. The number of hydrogen-bond acceptors (Lipinski definition) is 7. The van der Waals surface area contributed by atoms with Gasteiger partial charge in [0.05, 0.1) is 13.2 Å². The second kappa shape index (κ2) is 8.03. The van der Waals surface area contributed by atoms with Gasteiger partial charge in [0.15, 0.2) is 23.1 Å². The molecule has 11 heteroatoms. The van der Waals surface area contributed by atoms with Crippen LogP contribution < -0.4 is 15.3 Å². The maximum absolute atomic E-state index is 15.7. The topological polar surface area (TPSA) is 87.5 Å². The summed E-state index contributed by atoms with van der Waals surface area (Å²) in [5, 5.41) is 12.6. The van der Waals surface area contributed by atoms with Gasteiger partial charge in [-0.1, -0.05) is 24.3 Å². The summed E-state index contributed by atoms with van der Waals surface area (Å²) in [5.41, 5.74) is 2.70. The molecule has 1 aromatic heterocycles. The smallest absolute Gasteiger partial charge is 0.278 e. The third-order valence-corrected chi connectivity index (χ3v) is 8.74. The van der Waals surface area contributed by atoms with E-state index in [1.807, 2.05) is 22.0 Å². The quantitative estimate of drug-likeness (QED) is 0.514. The fraction of sp³-hybridized carbons (Fsp3) is 0.357. The molecule has 2 unspecified atom stereocenters. The number of amides is 1. The monoisotopic (exact) mass is 534 g/mol. The average molecular weight is 535 g/mol. The van der Waals surface area contributed by atoms with Crippen molar-refractivity contribution in [1.82, 2.24) is 9.58 Å². The van der Waals surface area contributed by atoms with Gasteiger partial charge >= 0.3 is 0 Å². The third-order valence-electron chi connectivity index (χ3n) is 8.74. The highest BCUT2D eigenvalue weighted by Crippen LogP contribution is 2.54. The number of nitrogens with zero attached hydrogens (tertiary/aromatic N) is 4. The zero-order chi connectivity index (χ0) is 26.6. The number of carbonyl (C=O) groups is 1. The lowest BCUT2D eigenvalue weighted by molar-refractivity contribution is -0.0196. The minimum Gasteiger partial charge on any atom is -0.502 e. The number of benzene rings is 2. The molecule has 0 bridgehead atoms. The number of anilines is 1. The molecule has 1 N–H and O–H groups in total. The van der Waals surface area contributed by atoms with E-state index in [0.717, 1.165) is 29.3 Å². The highest BCUT2D eigenvalue weighted by molar-refractivity contribution is 5.96. The van der Waals surface area contributed by atoms with Crippen molar-refractivity contribution in [3.05, 3.63) is 92.4 Å². The zero-order valence-corrected chi connectivity index (χ0v) is 20.7. The Labute approximate surface area is 221 Å². The fourth-order valence-corrected chi connectivity index (χ4v) is 7.10. The molecule has 5 aliphatic heterocycles. The Morgan fingerprint density at radius 3 is 2.69 bits per heavy atom. The summed E-state index contributed by atoms with van der Waals surface area (Å²) in [4.78, 5) is 29.6. The molecule has 0 radical (unpaired) electrons. The zero-order valence-electron chi connectivity index (χ0n) is 20.7. The Kier molecular flexibility index (Phi) is 4.73. The van der Waals surface area contributed by atoms with Crippen LogP contribution in [-0.2, 0) is 16.0 Å². The van der Waals surface area contributed by atoms with Gasteiger partial charge in [0.1, 0.15) is 18.4 Å². The van der Waals surface area contributed by atoms with Crippen molar-refractivity contribution in [3.63, 3.8) is 0 Å². The van der Waals surface area contributed by atoms with E-state index in [4.69, 9.17) is 9.47 Å². The normalized spacial score (nSPS) is 26.5. The molecule has 6 heterocycles. The van der Waals surface area contributed by atoms with Gasteiger partial charge in [-0.05, 0) is 23.6 Å². The predicted octanol–water partition coefficient (Wildman–Crippen LogP) is 2.54. The van der Waals surface area contributed by atoms with Gasteiger partial charge in [0, 0.05) is 54.7 Å². The number of morpholine rings is 1. The molecule has 5 aliphatic rings. The minimum atomic E-state index is -0.945. The van der Waals surface area contributed by atoms with Gasteiger partial charge in [0.2, 0.25) is 5.43 Å². The van der Waals surface area contributed by atoms with Crippen LogP contribution in [0.5, 0.6) is 5.75 Å². The highest BCUT2D eigenvalue weighted by atomic mass is 19.2. The van der Waals surface area contributed by atoms with Gasteiger partial charge in [-0.3, -0.25) is 19.3 Å². The van der Waals surface area contributed by atoms with E-state index in [1.54, 1.807) is 11.0 Å². The number of hydrogen-bond donors (Lipinski definition) is 1. The van der Waals surface area contributed by atoms with E-state index in [9.17, 15) is 19.1 Å². The molecule has 1 amide bonds. The summed E-state index contributed by atoms with van der Waals surface area (Å²) in [7, 11) is 0. The van der Waals surface area contributed by atoms with Crippen LogP contribution in [0.3, 0.4) is 0 Å². The number of carbonyl (C=O) groups excluding carboxylic acids is 1. The Morgan fingerprint density at radius 2 is 1.82 bits per heavy atom. The molecule has 0 aliphatic carbocycles. The van der Waals surface area contributed by atoms with Crippen molar-refractivity contribution >= 4 is 11.6 Å². The molecular weight excluding hydrogens is 510 g/mol. The molecule has 200 valence electrons. The molecule has 2 fully saturated rings. The molecule has 0 saturated carbocycles. The van der Waals surface area contributed by atoms with Gasteiger partial charge in [-0.2, -0.15) is 0 Å². The van der Waals surface area contributed by atoms with Crippen molar-refractivity contribution in [2.45, 2.75) is 37.3 Å². The standard InChI is InChI=1S/C28H24F2N4O5/c29-19-5-4-15-18(22(19)30)12-32-23-14(16-7-10-39-28(16)32)2-1-3-17(23)24(15)34-21-13-38-11-9-31(21)27(37)25-26(36)20(35)6-8-33(25)34/h1-6,8,16,21,24,28,36H,7,9-13H2/t16?,21-,24+,28?/m1/s1. The van der Waals surface area contributed by atoms with Crippen molar-refractivity contribution in [3.8, 4) is 5.75 Å². The lowest BCUT2D eigenvalue weighted by atomic mass is 9.89. The van der Waals surface area contributed by atoms with E-state index in [-0.39, 0.29) is 43.1 Å². The number of fused-ring (bicyclic) bond motifs is 6. The Balaban J connectivity index is 1.45. The van der Waals surface area contributed by atoms with Crippen LogP contribution in [0.1, 0.15) is 51.1 Å². The Bertz CT molecular complexity index is 1630. The van der Waals surface area contributed by atoms with E-state index in [0.29, 0.717) is 18.8 Å². The van der Waals surface area contributed by atoms with Gasteiger partial charge < -0.3 is 24.4 Å². The largest absolute Gasteiger partial charge is 0.502 e. The van der Waals surface area contributed by atoms with Gasteiger partial charge in [-0.25, -0.2) is 8.78 Å². The second-order valence-corrected chi connectivity index (χ2v) is 10.6. The van der Waals surface area contributed by atoms with E-state index in [1.165, 1.54) is 16.9 Å². The summed E-state index contributed by atoms with van der Waals surface area (Å²) in [5.74, 6) is -2.92. The van der Waals surface area contributed by atoms with E-state index >= 15 is 4.39 Å². The van der Waals surface area contributed by atoms with Crippen LogP contribution in [0.2, 0.25) is 0 Å². The number of para-hydroxylation sites is 1. The first-order valence-corrected chi connectivity index (χ1v) is 13.1. The van der Waals surface area contributed by atoms with Gasteiger partial charge in [-0.15, -0.1) is 0 Å². The first-order valence-electron chi connectivity index (χ1n) is 13.1. The maximum Gasteiger partial charge on any atom is 0.278 e. The van der Waals surface area contributed by atoms with Crippen LogP contribution in [-0.4, -0.2) is 59.3 Å². The molecule has 0 spiro atoms. The van der Waals surface area contributed by atoms with Crippen LogP contribution >= 0.6 is 0 Å². The lowest BCUT2D eigenvalue weighted by Crippen LogP contribution is -2.66. The number of ether oxygens (including phenoxy) is 2. The predicted molar refractivity (Wildman–Crippen MR) is 134 cm³/mol. The van der Waals surface area contributed by atoms with Crippen molar-refractivity contribution in [2.24, 2.45) is 0 Å². The molecule has 4 atom stereocenters. The summed E-state index contributed by atoms with van der Waals surface area (Å²) in [6.07, 6.45) is 1.34. The number of rotatable bonds is 1.